The van der Waals surface area contributed by atoms with Crippen molar-refractivity contribution in [2.24, 2.45) is 12.0 Å². The smallest absolute Gasteiger partial charge is 0.191 e. The highest BCUT2D eigenvalue weighted by atomic mass is 127. The van der Waals surface area contributed by atoms with Gasteiger partial charge < -0.3 is 20.1 Å². The van der Waals surface area contributed by atoms with Gasteiger partial charge in [-0.1, -0.05) is 11.6 Å². The molecule has 0 atom stereocenters. The molecule has 0 aliphatic carbocycles. The summed E-state index contributed by atoms with van der Waals surface area (Å²) in [5.41, 5.74) is 4.42. The lowest BCUT2D eigenvalue weighted by Crippen LogP contribution is -2.38. The topological polar surface area (TPSA) is 72.7 Å². The van der Waals surface area contributed by atoms with Crippen molar-refractivity contribution in [3.8, 4) is 11.5 Å². The Bertz CT molecular complexity index is 869. The highest BCUT2D eigenvalue weighted by Crippen LogP contribution is 2.38. The Kier molecular flexibility index (Phi) is 8.88. The molecule has 1 aromatic carbocycles. The van der Waals surface area contributed by atoms with Crippen molar-refractivity contribution in [1.82, 2.24) is 20.4 Å². The van der Waals surface area contributed by atoms with Crippen LogP contribution >= 0.6 is 35.6 Å². The van der Waals surface area contributed by atoms with Gasteiger partial charge in [0.15, 0.2) is 17.5 Å². The molecule has 0 bridgehead atoms. The SMILES string of the molecule is CCNC(=NCc1c(C)nn(C)c1C)NCCc1cc(Cl)c2c(c1)OCCO2.I. The molecule has 0 saturated carbocycles. The number of benzene rings is 1. The molecule has 1 aromatic heterocycles. The van der Waals surface area contributed by atoms with Gasteiger partial charge in [0, 0.05) is 31.4 Å². The largest absolute Gasteiger partial charge is 0.486 e. The fourth-order valence-electron chi connectivity index (χ4n) is 3.18. The minimum absolute atomic E-state index is 0. The summed E-state index contributed by atoms with van der Waals surface area (Å²) in [5.74, 6) is 2.15. The van der Waals surface area contributed by atoms with Crippen molar-refractivity contribution in [3.05, 3.63) is 39.7 Å². The van der Waals surface area contributed by atoms with Crippen molar-refractivity contribution >= 4 is 41.5 Å². The second-order valence-electron chi connectivity index (χ2n) is 6.75. The van der Waals surface area contributed by atoms with E-state index >= 15 is 0 Å². The number of ether oxygens (including phenoxy) is 2. The molecule has 2 heterocycles. The maximum Gasteiger partial charge on any atom is 0.191 e. The molecule has 0 amide bonds. The van der Waals surface area contributed by atoms with Gasteiger partial charge in [-0.05, 0) is 44.9 Å². The first-order valence-electron chi connectivity index (χ1n) is 9.58. The first-order valence-corrected chi connectivity index (χ1v) is 9.96. The van der Waals surface area contributed by atoms with E-state index in [4.69, 9.17) is 26.1 Å². The second-order valence-corrected chi connectivity index (χ2v) is 7.15. The number of halogens is 2. The highest BCUT2D eigenvalue weighted by molar-refractivity contribution is 14.0. The summed E-state index contributed by atoms with van der Waals surface area (Å²) in [6.07, 6.45) is 0.797. The number of nitrogens with zero attached hydrogens (tertiary/aromatic N) is 3. The van der Waals surface area contributed by atoms with Gasteiger partial charge in [0.2, 0.25) is 0 Å². The van der Waals surface area contributed by atoms with Crippen LogP contribution in [-0.4, -0.2) is 42.0 Å². The van der Waals surface area contributed by atoms with E-state index in [9.17, 15) is 0 Å². The molecule has 1 aliphatic heterocycles. The summed E-state index contributed by atoms with van der Waals surface area (Å²) in [4.78, 5) is 4.71. The van der Waals surface area contributed by atoms with Crippen LogP contribution in [0.5, 0.6) is 11.5 Å². The van der Waals surface area contributed by atoms with E-state index in [2.05, 4.69) is 29.6 Å². The number of hydrogen-bond acceptors (Lipinski definition) is 4. The number of guanidine groups is 1. The maximum atomic E-state index is 6.32. The predicted molar refractivity (Wildman–Crippen MR) is 127 cm³/mol. The molecule has 0 radical (unpaired) electrons. The van der Waals surface area contributed by atoms with Gasteiger partial charge in [0.05, 0.1) is 17.3 Å². The van der Waals surface area contributed by atoms with Crippen LogP contribution < -0.4 is 20.1 Å². The number of fused-ring (bicyclic) bond motifs is 1. The molecular formula is C20H29ClIN5O2. The predicted octanol–water partition coefficient (Wildman–Crippen LogP) is 3.38. The van der Waals surface area contributed by atoms with E-state index in [1.54, 1.807) is 0 Å². The normalized spacial score (nSPS) is 13.1. The summed E-state index contributed by atoms with van der Waals surface area (Å²) in [6.45, 7) is 9.34. The van der Waals surface area contributed by atoms with Gasteiger partial charge in [0.1, 0.15) is 13.2 Å². The van der Waals surface area contributed by atoms with E-state index < -0.39 is 0 Å². The monoisotopic (exact) mass is 533 g/mol. The van der Waals surface area contributed by atoms with Crippen molar-refractivity contribution < 1.29 is 9.47 Å². The van der Waals surface area contributed by atoms with Gasteiger partial charge in [-0.3, -0.25) is 4.68 Å². The molecule has 0 fully saturated rings. The second kappa shape index (κ2) is 10.9. The van der Waals surface area contributed by atoms with Crippen molar-refractivity contribution in [2.75, 3.05) is 26.3 Å². The van der Waals surface area contributed by atoms with E-state index in [0.29, 0.717) is 30.5 Å². The molecule has 29 heavy (non-hydrogen) atoms. The molecule has 2 aromatic rings. The number of aliphatic imine (C=N–C) groups is 1. The number of aromatic nitrogens is 2. The summed E-state index contributed by atoms with van der Waals surface area (Å²) in [7, 11) is 1.96. The minimum Gasteiger partial charge on any atom is -0.486 e. The molecule has 0 spiro atoms. The van der Waals surface area contributed by atoms with Crippen LogP contribution in [-0.2, 0) is 20.0 Å². The van der Waals surface area contributed by atoms with Crippen LogP contribution in [0.1, 0.15) is 29.4 Å². The van der Waals surface area contributed by atoms with E-state index in [1.807, 2.05) is 30.8 Å². The third-order valence-electron chi connectivity index (χ3n) is 4.76. The van der Waals surface area contributed by atoms with Crippen molar-refractivity contribution in [2.45, 2.75) is 33.7 Å². The Labute approximate surface area is 194 Å². The highest BCUT2D eigenvalue weighted by Gasteiger charge is 2.16. The lowest BCUT2D eigenvalue weighted by molar-refractivity contribution is 0.171. The van der Waals surface area contributed by atoms with Crippen LogP contribution in [0.2, 0.25) is 5.02 Å². The summed E-state index contributed by atoms with van der Waals surface area (Å²) in [6, 6.07) is 3.93. The van der Waals surface area contributed by atoms with Crippen LogP contribution in [0, 0.1) is 13.8 Å². The standard InChI is InChI=1S/C20H28ClN5O2.HI/c1-5-22-20(24-12-16-13(2)25-26(4)14(16)3)23-7-6-15-10-17(21)19-18(11-15)27-8-9-28-19;/h10-11H,5-9,12H2,1-4H3,(H2,22,23,24);1H. The molecule has 2 N–H and O–H groups in total. The third kappa shape index (κ3) is 5.91. The van der Waals surface area contributed by atoms with Gasteiger partial charge in [-0.2, -0.15) is 5.10 Å². The van der Waals surface area contributed by atoms with Crippen molar-refractivity contribution in [1.29, 1.82) is 0 Å². The number of aryl methyl sites for hydroxylation is 2. The fourth-order valence-corrected chi connectivity index (χ4v) is 3.47. The Balaban J connectivity index is 0.00000300. The van der Waals surface area contributed by atoms with E-state index in [0.717, 1.165) is 48.2 Å². The van der Waals surface area contributed by atoms with Gasteiger partial charge >= 0.3 is 0 Å². The molecular weight excluding hydrogens is 505 g/mol. The average Bonchev–Trinajstić information content (AvgIpc) is 2.91. The Hall–Kier alpha value is -1.68. The molecule has 7 nitrogen and oxygen atoms in total. The number of nitrogens with one attached hydrogen (secondary N) is 2. The number of rotatable bonds is 6. The van der Waals surface area contributed by atoms with Gasteiger partial charge in [-0.25, -0.2) is 4.99 Å². The summed E-state index contributed by atoms with van der Waals surface area (Å²) >= 11 is 6.32. The molecule has 9 heteroatoms. The average molecular weight is 534 g/mol. The first-order chi connectivity index (χ1) is 13.5. The Morgan fingerprint density at radius 2 is 2.00 bits per heavy atom. The first kappa shape index (κ1) is 23.6. The third-order valence-corrected chi connectivity index (χ3v) is 5.04. The molecule has 3 rings (SSSR count). The van der Waals surface area contributed by atoms with Gasteiger partial charge in [-0.15, -0.1) is 24.0 Å². The maximum absolute atomic E-state index is 6.32. The Morgan fingerprint density at radius 3 is 2.69 bits per heavy atom. The fraction of sp³-hybridized carbons (Fsp3) is 0.500. The van der Waals surface area contributed by atoms with Gasteiger partial charge in [0.25, 0.3) is 0 Å². The summed E-state index contributed by atoms with van der Waals surface area (Å²) < 4.78 is 13.1. The van der Waals surface area contributed by atoms with Crippen LogP contribution in [0.3, 0.4) is 0 Å². The zero-order chi connectivity index (χ0) is 20.1. The van der Waals surface area contributed by atoms with E-state index in [1.165, 1.54) is 5.56 Å². The van der Waals surface area contributed by atoms with Crippen molar-refractivity contribution in [3.63, 3.8) is 0 Å². The molecule has 0 saturated heterocycles. The van der Waals surface area contributed by atoms with E-state index in [-0.39, 0.29) is 24.0 Å². The molecule has 160 valence electrons. The lowest BCUT2D eigenvalue weighted by Gasteiger charge is -2.20. The zero-order valence-electron chi connectivity index (χ0n) is 17.3. The van der Waals surface area contributed by atoms with Crippen LogP contribution in [0.25, 0.3) is 0 Å². The minimum atomic E-state index is 0. The molecule has 1 aliphatic rings. The lowest BCUT2D eigenvalue weighted by atomic mass is 10.1. The Morgan fingerprint density at radius 1 is 1.24 bits per heavy atom. The van der Waals surface area contributed by atoms with Crippen LogP contribution in [0.4, 0.5) is 0 Å². The van der Waals surface area contributed by atoms with Crippen LogP contribution in [0.15, 0.2) is 17.1 Å². The zero-order valence-corrected chi connectivity index (χ0v) is 20.4. The number of hydrogen-bond donors (Lipinski definition) is 2. The summed E-state index contributed by atoms with van der Waals surface area (Å²) in [5, 5.41) is 11.7. The quantitative estimate of drug-likeness (QED) is 0.338. The molecule has 0 unspecified atom stereocenters.